The molecule has 2 aromatic heterocycles. The monoisotopic (exact) mass is 354 g/mol. The molecule has 2 bridgehead atoms. The molecule has 3 aliphatic heterocycles. The van der Waals surface area contributed by atoms with E-state index in [1.165, 1.54) is 0 Å². The van der Waals surface area contributed by atoms with Crippen LogP contribution < -0.4 is 0 Å². The molecular weight excluding hydrogens is 328 g/mol. The van der Waals surface area contributed by atoms with E-state index in [0.29, 0.717) is 24.9 Å². The molecule has 0 spiro atoms. The lowest BCUT2D eigenvalue weighted by Crippen LogP contribution is -2.69. The fourth-order valence-corrected chi connectivity index (χ4v) is 4.37. The molecule has 0 saturated carbocycles. The smallest absolute Gasteiger partial charge is 0.223 e. The van der Waals surface area contributed by atoms with Gasteiger partial charge in [-0.3, -0.25) is 14.7 Å². The number of aromatic nitrogens is 2. The molecule has 0 aliphatic carbocycles. The van der Waals surface area contributed by atoms with E-state index in [9.17, 15) is 4.79 Å². The molecule has 138 valence electrons. The lowest BCUT2D eigenvalue weighted by Gasteiger charge is -2.56. The average molecular weight is 354 g/mol. The summed E-state index contributed by atoms with van der Waals surface area (Å²) in [4.78, 5) is 21.8. The molecular formula is C20H26N4O2. The van der Waals surface area contributed by atoms with Crippen molar-refractivity contribution in [2.45, 2.75) is 58.7 Å². The maximum Gasteiger partial charge on any atom is 0.223 e. The molecule has 1 amide bonds. The van der Waals surface area contributed by atoms with E-state index < -0.39 is 0 Å². The Bertz CT molecular complexity index is 784. The summed E-state index contributed by atoms with van der Waals surface area (Å²) in [6.07, 6.45) is 2.39. The van der Waals surface area contributed by atoms with Crippen LogP contribution in [0.1, 0.15) is 41.2 Å². The van der Waals surface area contributed by atoms with E-state index in [0.717, 1.165) is 54.5 Å². The first-order valence-electron chi connectivity index (χ1n) is 9.39. The molecule has 2 unspecified atom stereocenters. The Labute approximate surface area is 154 Å². The van der Waals surface area contributed by atoms with Gasteiger partial charge in [0.15, 0.2) is 0 Å². The van der Waals surface area contributed by atoms with Gasteiger partial charge in [-0.1, -0.05) is 11.2 Å². The molecule has 0 radical (unpaired) electrons. The van der Waals surface area contributed by atoms with Gasteiger partial charge in [0, 0.05) is 49.4 Å². The number of fused-ring (bicyclic) bond motifs is 2. The summed E-state index contributed by atoms with van der Waals surface area (Å²) in [5.74, 6) is 1.09. The van der Waals surface area contributed by atoms with Crippen molar-refractivity contribution in [3.8, 4) is 0 Å². The van der Waals surface area contributed by atoms with Crippen LogP contribution in [0, 0.1) is 20.8 Å². The second-order valence-corrected chi connectivity index (χ2v) is 7.61. The first-order chi connectivity index (χ1) is 12.5. The van der Waals surface area contributed by atoms with Crippen molar-refractivity contribution in [2.75, 3.05) is 13.1 Å². The van der Waals surface area contributed by atoms with Gasteiger partial charge in [-0.2, -0.15) is 0 Å². The van der Waals surface area contributed by atoms with Crippen molar-refractivity contribution < 1.29 is 9.32 Å². The summed E-state index contributed by atoms with van der Waals surface area (Å²) in [5, 5.41) is 3.97. The predicted molar refractivity (Wildman–Crippen MR) is 97.6 cm³/mol. The summed E-state index contributed by atoms with van der Waals surface area (Å²) < 4.78 is 5.19. The highest BCUT2D eigenvalue weighted by atomic mass is 16.5. The van der Waals surface area contributed by atoms with Gasteiger partial charge < -0.3 is 9.42 Å². The fraction of sp³-hybridized carbons (Fsp3) is 0.550. The standard InChI is InChI=1S/C20H26N4O2/c1-13-5-4-6-16(21-13)10-23-11-17-9-18(12-23)24(17)20(25)8-7-19-14(2)22-26-15(19)3/h4-6,17-18H,7-12H2,1-3H3. The van der Waals surface area contributed by atoms with E-state index in [1.54, 1.807) is 0 Å². The molecule has 3 fully saturated rings. The van der Waals surface area contributed by atoms with Crippen LogP contribution in [0.15, 0.2) is 22.7 Å². The van der Waals surface area contributed by atoms with Crippen LogP contribution in [-0.2, 0) is 17.8 Å². The zero-order valence-electron chi connectivity index (χ0n) is 15.7. The number of nitrogens with zero attached hydrogens (tertiary/aromatic N) is 4. The van der Waals surface area contributed by atoms with E-state index in [4.69, 9.17) is 4.52 Å². The number of carbonyl (C=O) groups excluding carboxylic acids is 1. The maximum absolute atomic E-state index is 12.7. The SMILES string of the molecule is Cc1cccc(CN2CC3CC(C2)N3C(=O)CCc2c(C)noc2C)n1. The van der Waals surface area contributed by atoms with Gasteiger partial charge in [0.25, 0.3) is 0 Å². The van der Waals surface area contributed by atoms with Crippen LogP contribution in [0.5, 0.6) is 0 Å². The fourth-order valence-electron chi connectivity index (χ4n) is 4.37. The van der Waals surface area contributed by atoms with Gasteiger partial charge in [0.1, 0.15) is 5.76 Å². The van der Waals surface area contributed by atoms with Crippen LogP contribution in [0.3, 0.4) is 0 Å². The molecule has 6 heteroatoms. The van der Waals surface area contributed by atoms with Gasteiger partial charge in [-0.25, -0.2) is 0 Å². The molecule has 5 rings (SSSR count). The topological polar surface area (TPSA) is 62.5 Å². The Morgan fingerprint density at radius 3 is 2.65 bits per heavy atom. The lowest BCUT2D eigenvalue weighted by atomic mass is 9.86. The van der Waals surface area contributed by atoms with Crippen LogP contribution in [0.4, 0.5) is 0 Å². The van der Waals surface area contributed by atoms with Crippen molar-refractivity contribution in [1.82, 2.24) is 19.9 Å². The molecule has 3 saturated heterocycles. The van der Waals surface area contributed by atoms with Gasteiger partial charge in [-0.05, 0) is 45.7 Å². The Morgan fingerprint density at radius 1 is 1.23 bits per heavy atom. The first kappa shape index (κ1) is 17.2. The third kappa shape index (κ3) is 3.26. The Kier molecular flexibility index (Phi) is 4.53. The molecule has 3 aliphatic rings. The summed E-state index contributed by atoms with van der Waals surface area (Å²) in [6, 6.07) is 6.88. The number of aryl methyl sites for hydroxylation is 3. The minimum Gasteiger partial charge on any atom is -0.361 e. The minimum atomic E-state index is 0.264. The van der Waals surface area contributed by atoms with Gasteiger partial charge in [-0.15, -0.1) is 0 Å². The maximum atomic E-state index is 12.7. The van der Waals surface area contributed by atoms with Crippen LogP contribution in [-0.4, -0.2) is 51.0 Å². The van der Waals surface area contributed by atoms with E-state index in [1.807, 2.05) is 26.8 Å². The predicted octanol–water partition coefficient (Wildman–Crippen LogP) is 2.41. The zero-order valence-corrected chi connectivity index (χ0v) is 15.7. The average Bonchev–Trinajstić information content (AvgIpc) is 2.91. The molecule has 0 aromatic carbocycles. The van der Waals surface area contributed by atoms with E-state index >= 15 is 0 Å². The first-order valence-corrected chi connectivity index (χ1v) is 9.39. The highest BCUT2D eigenvalue weighted by Gasteiger charge is 2.46. The number of pyridine rings is 1. The second-order valence-electron chi connectivity index (χ2n) is 7.61. The Morgan fingerprint density at radius 2 is 2.00 bits per heavy atom. The third-order valence-electron chi connectivity index (χ3n) is 5.66. The quantitative estimate of drug-likeness (QED) is 0.825. The highest BCUT2D eigenvalue weighted by Crippen LogP contribution is 2.33. The summed E-state index contributed by atoms with van der Waals surface area (Å²) in [6.45, 7) is 8.64. The number of carbonyl (C=O) groups is 1. The Hall–Kier alpha value is -2.21. The second kappa shape index (κ2) is 6.83. The number of hydrogen-bond acceptors (Lipinski definition) is 5. The molecule has 6 nitrogen and oxygen atoms in total. The van der Waals surface area contributed by atoms with Crippen LogP contribution >= 0.6 is 0 Å². The number of piperidine rings is 1. The molecule has 0 N–H and O–H groups in total. The number of amides is 1. The normalized spacial score (nSPS) is 22.3. The Balaban J connectivity index is 1.32. The van der Waals surface area contributed by atoms with Crippen LogP contribution in [0.2, 0.25) is 0 Å². The lowest BCUT2D eigenvalue weighted by molar-refractivity contribution is -0.154. The zero-order chi connectivity index (χ0) is 18.3. The van der Waals surface area contributed by atoms with Crippen LogP contribution in [0.25, 0.3) is 0 Å². The van der Waals surface area contributed by atoms with Crippen molar-refractivity contribution in [2.24, 2.45) is 0 Å². The van der Waals surface area contributed by atoms with Crippen molar-refractivity contribution >= 4 is 5.91 Å². The van der Waals surface area contributed by atoms with Gasteiger partial charge in [0.05, 0.1) is 11.4 Å². The van der Waals surface area contributed by atoms with E-state index in [2.05, 4.69) is 32.1 Å². The largest absolute Gasteiger partial charge is 0.361 e. The molecule has 2 aromatic rings. The van der Waals surface area contributed by atoms with Gasteiger partial charge >= 0.3 is 0 Å². The van der Waals surface area contributed by atoms with Gasteiger partial charge in [0.2, 0.25) is 5.91 Å². The molecule has 26 heavy (non-hydrogen) atoms. The number of rotatable bonds is 5. The molecule has 5 heterocycles. The number of piperazine rings is 1. The minimum absolute atomic E-state index is 0.264. The highest BCUT2D eigenvalue weighted by molar-refractivity contribution is 5.78. The van der Waals surface area contributed by atoms with Crippen molar-refractivity contribution in [3.05, 3.63) is 46.6 Å². The third-order valence-corrected chi connectivity index (χ3v) is 5.66. The van der Waals surface area contributed by atoms with Crippen molar-refractivity contribution in [3.63, 3.8) is 0 Å². The number of hydrogen-bond donors (Lipinski definition) is 0. The van der Waals surface area contributed by atoms with Crippen molar-refractivity contribution in [1.29, 1.82) is 0 Å². The molecule has 2 atom stereocenters. The summed E-state index contributed by atoms with van der Waals surface area (Å²) in [5.41, 5.74) is 4.15. The van der Waals surface area contributed by atoms with E-state index in [-0.39, 0.29) is 5.91 Å². The summed E-state index contributed by atoms with van der Waals surface area (Å²) >= 11 is 0. The summed E-state index contributed by atoms with van der Waals surface area (Å²) in [7, 11) is 0.